The van der Waals surface area contributed by atoms with E-state index in [4.69, 9.17) is 4.52 Å². The van der Waals surface area contributed by atoms with Gasteiger partial charge in [0.15, 0.2) is 5.82 Å². The number of carbonyl (C=O) groups excluding carboxylic acids is 2. The first kappa shape index (κ1) is 17.8. The second-order valence-corrected chi connectivity index (χ2v) is 6.61. The minimum atomic E-state index is -0.759. The van der Waals surface area contributed by atoms with Crippen LogP contribution in [-0.4, -0.2) is 33.9 Å². The number of aromatic nitrogens is 2. The second-order valence-electron chi connectivity index (χ2n) is 6.61. The van der Waals surface area contributed by atoms with Crippen LogP contribution in [0.4, 0.5) is 10.1 Å². The Kier molecular flexibility index (Phi) is 4.60. The Morgan fingerprint density at radius 1 is 1.29 bits per heavy atom. The van der Waals surface area contributed by atoms with E-state index in [1.54, 1.807) is 7.05 Å². The number of likely N-dealkylation sites (N-methyl/N-ethyl adjacent to an activating group) is 1. The highest BCUT2D eigenvalue weighted by molar-refractivity contribution is 6.01. The van der Waals surface area contributed by atoms with Crippen molar-refractivity contribution < 1.29 is 18.5 Å². The van der Waals surface area contributed by atoms with E-state index in [-0.39, 0.29) is 24.8 Å². The lowest BCUT2D eigenvalue weighted by atomic mass is 9.89. The minimum Gasteiger partial charge on any atom is -0.338 e. The molecule has 1 atom stereocenters. The molecule has 8 heteroatoms. The summed E-state index contributed by atoms with van der Waals surface area (Å²) in [6, 6.07) is 13.3. The quantitative estimate of drug-likeness (QED) is 0.752. The largest absolute Gasteiger partial charge is 0.338 e. The molecule has 4 rings (SSSR count). The molecule has 0 bridgehead atoms. The molecule has 1 aliphatic heterocycles. The zero-order valence-electron chi connectivity index (χ0n) is 15.1. The molecule has 0 unspecified atom stereocenters. The third-order valence-electron chi connectivity index (χ3n) is 4.59. The molecule has 7 nitrogen and oxygen atoms in total. The summed E-state index contributed by atoms with van der Waals surface area (Å²) in [5, 5.41) is 6.58. The van der Waals surface area contributed by atoms with E-state index in [0.29, 0.717) is 23.0 Å². The molecule has 0 saturated heterocycles. The molecule has 0 radical (unpaired) electrons. The number of hydrogen-bond acceptors (Lipinski definition) is 5. The van der Waals surface area contributed by atoms with Crippen molar-refractivity contribution in [3.8, 4) is 11.5 Å². The molecule has 1 aromatic heterocycles. The van der Waals surface area contributed by atoms with Crippen LogP contribution >= 0.6 is 0 Å². The van der Waals surface area contributed by atoms with Crippen LogP contribution in [0.3, 0.4) is 0 Å². The summed E-state index contributed by atoms with van der Waals surface area (Å²) in [5.74, 6) is -1.11. The predicted octanol–water partition coefficient (Wildman–Crippen LogP) is 2.96. The first-order valence-corrected chi connectivity index (χ1v) is 8.73. The molecule has 2 heterocycles. The molecule has 3 aromatic rings. The molecule has 2 aromatic carbocycles. The lowest BCUT2D eigenvalue weighted by molar-refractivity contribution is -0.134. The average Bonchev–Trinajstić information content (AvgIpc) is 3.16. The molecule has 0 fully saturated rings. The van der Waals surface area contributed by atoms with Gasteiger partial charge in [-0.25, -0.2) is 4.39 Å². The van der Waals surface area contributed by atoms with Crippen molar-refractivity contribution in [1.82, 2.24) is 15.0 Å². The highest BCUT2D eigenvalue weighted by atomic mass is 19.1. The predicted molar refractivity (Wildman–Crippen MR) is 98.6 cm³/mol. The first-order chi connectivity index (χ1) is 13.5. The van der Waals surface area contributed by atoms with Crippen molar-refractivity contribution in [2.45, 2.75) is 18.9 Å². The summed E-state index contributed by atoms with van der Waals surface area (Å²) >= 11 is 0. The van der Waals surface area contributed by atoms with Crippen molar-refractivity contribution in [3.05, 3.63) is 65.7 Å². The monoisotopic (exact) mass is 380 g/mol. The Bertz CT molecular complexity index is 1030. The fourth-order valence-corrected chi connectivity index (χ4v) is 3.22. The molecule has 142 valence electrons. The highest BCUT2D eigenvalue weighted by Crippen LogP contribution is 2.34. The minimum absolute atomic E-state index is 0.0405. The van der Waals surface area contributed by atoms with Crippen LogP contribution in [0.15, 0.2) is 53.1 Å². The smallest absolute Gasteiger partial charge is 0.257 e. The summed E-state index contributed by atoms with van der Waals surface area (Å²) in [4.78, 5) is 30.6. The third-order valence-corrected chi connectivity index (χ3v) is 4.59. The zero-order valence-corrected chi connectivity index (χ0v) is 15.1. The van der Waals surface area contributed by atoms with Gasteiger partial charge in [0.1, 0.15) is 5.82 Å². The number of amides is 2. The van der Waals surface area contributed by atoms with Gasteiger partial charge >= 0.3 is 0 Å². The Labute approximate surface area is 160 Å². The van der Waals surface area contributed by atoms with E-state index < -0.39 is 11.7 Å². The summed E-state index contributed by atoms with van der Waals surface area (Å²) < 4.78 is 18.9. The van der Waals surface area contributed by atoms with Gasteiger partial charge in [0, 0.05) is 24.7 Å². The Morgan fingerprint density at radius 2 is 2.07 bits per heavy atom. The van der Waals surface area contributed by atoms with E-state index in [2.05, 4.69) is 15.5 Å². The number of rotatable bonds is 4. The molecular weight excluding hydrogens is 363 g/mol. The maximum Gasteiger partial charge on any atom is 0.257 e. The van der Waals surface area contributed by atoms with Crippen LogP contribution in [0.25, 0.3) is 11.5 Å². The molecule has 28 heavy (non-hydrogen) atoms. The van der Waals surface area contributed by atoms with Gasteiger partial charge in [0.25, 0.3) is 5.89 Å². The molecule has 2 amide bonds. The van der Waals surface area contributed by atoms with Crippen LogP contribution in [-0.2, 0) is 16.1 Å². The van der Waals surface area contributed by atoms with Crippen LogP contribution in [0.2, 0.25) is 0 Å². The van der Waals surface area contributed by atoms with Crippen molar-refractivity contribution in [2.24, 2.45) is 0 Å². The maximum atomic E-state index is 13.7. The number of hydrogen-bond donors (Lipinski definition) is 1. The number of fused-ring (bicyclic) bond motifs is 1. The summed E-state index contributed by atoms with van der Waals surface area (Å²) in [6.45, 7) is 0.109. The fourth-order valence-electron chi connectivity index (χ4n) is 3.22. The van der Waals surface area contributed by atoms with Gasteiger partial charge in [-0.15, -0.1) is 0 Å². The summed E-state index contributed by atoms with van der Waals surface area (Å²) in [5.41, 5.74) is 1.70. The van der Waals surface area contributed by atoms with Gasteiger partial charge in [-0.2, -0.15) is 4.98 Å². The molecular formula is C20H17FN4O3. The Balaban J connectivity index is 1.52. The maximum absolute atomic E-state index is 13.7. The lowest BCUT2D eigenvalue weighted by Gasteiger charge is -2.28. The van der Waals surface area contributed by atoms with Crippen molar-refractivity contribution in [2.75, 3.05) is 12.4 Å². The van der Waals surface area contributed by atoms with E-state index in [1.165, 1.54) is 23.1 Å². The fraction of sp³-hybridized carbons (Fsp3) is 0.200. The van der Waals surface area contributed by atoms with Crippen molar-refractivity contribution in [3.63, 3.8) is 0 Å². The summed E-state index contributed by atoms with van der Waals surface area (Å²) in [7, 11) is 1.59. The summed E-state index contributed by atoms with van der Waals surface area (Å²) in [6.07, 6.45) is -0.0405. The van der Waals surface area contributed by atoms with Gasteiger partial charge in [0.2, 0.25) is 11.8 Å². The van der Waals surface area contributed by atoms with Gasteiger partial charge in [-0.05, 0) is 35.9 Å². The average molecular weight is 380 g/mol. The van der Waals surface area contributed by atoms with Gasteiger partial charge in [-0.3, -0.25) is 9.59 Å². The Hall–Kier alpha value is -3.55. The number of carbonyl (C=O) groups is 2. The van der Waals surface area contributed by atoms with E-state index in [9.17, 15) is 14.0 Å². The highest BCUT2D eigenvalue weighted by Gasteiger charge is 2.33. The van der Waals surface area contributed by atoms with E-state index >= 15 is 0 Å². The molecule has 0 aliphatic carbocycles. The van der Waals surface area contributed by atoms with Crippen LogP contribution < -0.4 is 5.32 Å². The second kappa shape index (κ2) is 7.22. The van der Waals surface area contributed by atoms with Gasteiger partial charge < -0.3 is 14.7 Å². The number of anilines is 1. The first-order valence-electron chi connectivity index (χ1n) is 8.73. The number of halogens is 1. The molecule has 0 spiro atoms. The van der Waals surface area contributed by atoms with Crippen LogP contribution in [0.1, 0.15) is 23.7 Å². The topological polar surface area (TPSA) is 88.3 Å². The molecule has 0 saturated carbocycles. The standard InChI is InChI=1S/C20H17FN4O3/c1-25(11-17-23-19(28-24-17)12-5-3-2-4-6-12)20(27)15-10-18(26)22-16-8-7-13(21)9-14(15)16/h2-9,15H,10-11H2,1H3,(H,22,26)/t15-/m0/s1. The number of benzene rings is 2. The van der Waals surface area contributed by atoms with E-state index in [1.807, 2.05) is 30.3 Å². The normalized spacial score (nSPS) is 15.6. The SMILES string of the molecule is CN(Cc1noc(-c2ccccc2)n1)C(=O)[C@H]1CC(=O)Nc2ccc(F)cc21. The van der Waals surface area contributed by atoms with E-state index in [0.717, 1.165) is 5.56 Å². The zero-order chi connectivity index (χ0) is 19.7. The van der Waals surface area contributed by atoms with Crippen molar-refractivity contribution in [1.29, 1.82) is 0 Å². The van der Waals surface area contributed by atoms with Crippen LogP contribution in [0.5, 0.6) is 0 Å². The van der Waals surface area contributed by atoms with Crippen LogP contribution in [0, 0.1) is 5.82 Å². The Morgan fingerprint density at radius 3 is 2.86 bits per heavy atom. The van der Waals surface area contributed by atoms with Gasteiger partial charge in [0.05, 0.1) is 12.5 Å². The third kappa shape index (κ3) is 3.48. The number of nitrogens with zero attached hydrogens (tertiary/aromatic N) is 3. The lowest BCUT2D eigenvalue weighted by Crippen LogP contribution is -2.36. The van der Waals surface area contributed by atoms with Crippen molar-refractivity contribution >= 4 is 17.5 Å². The molecule has 1 aliphatic rings. The number of nitrogens with one attached hydrogen (secondary N) is 1. The van der Waals surface area contributed by atoms with Gasteiger partial charge in [-0.1, -0.05) is 23.4 Å². The molecule has 1 N–H and O–H groups in total.